The Hall–Kier alpha value is -2.82. The molecule has 0 heterocycles. The molecule has 0 bridgehead atoms. The Labute approximate surface area is 185 Å². The standard InChI is InChI=1S/C26H34N2O3/c1-18-9-10-22(15-19(18)2)16-25(29)28(17-21-11-13-24(31-4)14-12-21)20(3)26(30)27-23-7-5-6-8-23/h9-15,20,23H,5-8,16-17H2,1-4H3,(H,27,30). The molecule has 3 rings (SSSR count). The predicted octanol–water partition coefficient (Wildman–Crippen LogP) is 4.33. The van der Waals surface area contributed by atoms with Gasteiger partial charge in [0.25, 0.3) is 0 Å². The molecule has 1 atom stereocenters. The summed E-state index contributed by atoms with van der Waals surface area (Å²) in [5, 5.41) is 3.15. The molecule has 31 heavy (non-hydrogen) atoms. The number of aryl methyl sites for hydroxylation is 2. The van der Waals surface area contributed by atoms with Crippen LogP contribution in [0.3, 0.4) is 0 Å². The van der Waals surface area contributed by atoms with Crippen molar-refractivity contribution in [3.63, 3.8) is 0 Å². The van der Waals surface area contributed by atoms with E-state index in [0.717, 1.165) is 42.6 Å². The number of methoxy groups -OCH3 is 1. The highest BCUT2D eigenvalue weighted by molar-refractivity contribution is 5.88. The Bertz CT molecular complexity index is 901. The zero-order chi connectivity index (χ0) is 22.4. The molecule has 0 saturated heterocycles. The van der Waals surface area contributed by atoms with Gasteiger partial charge in [-0.05, 0) is 68.0 Å². The zero-order valence-corrected chi connectivity index (χ0v) is 19.1. The summed E-state index contributed by atoms with van der Waals surface area (Å²) in [6.07, 6.45) is 4.63. The van der Waals surface area contributed by atoms with Crippen molar-refractivity contribution in [1.29, 1.82) is 0 Å². The monoisotopic (exact) mass is 422 g/mol. The van der Waals surface area contributed by atoms with Crippen LogP contribution in [0.1, 0.15) is 54.9 Å². The molecule has 1 saturated carbocycles. The molecule has 5 heteroatoms. The minimum Gasteiger partial charge on any atom is -0.497 e. The number of carbonyl (C=O) groups is 2. The van der Waals surface area contributed by atoms with Gasteiger partial charge in [-0.1, -0.05) is 43.2 Å². The van der Waals surface area contributed by atoms with Gasteiger partial charge in [0.05, 0.1) is 13.5 Å². The minimum atomic E-state index is -0.540. The molecule has 2 amide bonds. The van der Waals surface area contributed by atoms with Gasteiger partial charge >= 0.3 is 0 Å². The third kappa shape index (κ3) is 6.09. The van der Waals surface area contributed by atoms with Gasteiger partial charge in [-0.2, -0.15) is 0 Å². The van der Waals surface area contributed by atoms with E-state index in [4.69, 9.17) is 4.74 Å². The molecule has 1 fully saturated rings. The lowest BCUT2D eigenvalue weighted by Crippen LogP contribution is -2.50. The molecular weight excluding hydrogens is 388 g/mol. The summed E-state index contributed by atoms with van der Waals surface area (Å²) in [5.41, 5.74) is 4.31. The molecule has 2 aromatic rings. The van der Waals surface area contributed by atoms with Gasteiger partial charge in [0.15, 0.2) is 0 Å². The SMILES string of the molecule is COc1ccc(CN(C(=O)Cc2ccc(C)c(C)c2)C(C)C(=O)NC2CCCC2)cc1. The van der Waals surface area contributed by atoms with Crippen LogP contribution in [0.5, 0.6) is 5.75 Å². The van der Waals surface area contributed by atoms with Crippen LogP contribution in [0.2, 0.25) is 0 Å². The summed E-state index contributed by atoms with van der Waals surface area (Å²) in [7, 11) is 1.63. The first-order valence-corrected chi connectivity index (χ1v) is 11.2. The van der Waals surface area contributed by atoms with E-state index in [2.05, 4.69) is 25.2 Å². The number of carbonyl (C=O) groups excluding carboxylic acids is 2. The average molecular weight is 423 g/mol. The molecule has 1 unspecified atom stereocenters. The lowest BCUT2D eigenvalue weighted by molar-refractivity contribution is -0.140. The third-order valence-corrected chi connectivity index (χ3v) is 6.31. The summed E-state index contributed by atoms with van der Waals surface area (Å²) in [4.78, 5) is 28.0. The number of hydrogen-bond donors (Lipinski definition) is 1. The van der Waals surface area contributed by atoms with Crippen LogP contribution in [-0.2, 0) is 22.6 Å². The van der Waals surface area contributed by atoms with Gasteiger partial charge in [0.2, 0.25) is 11.8 Å². The molecule has 2 aromatic carbocycles. The van der Waals surface area contributed by atoms with Gasteiger partial charge in [0, 0.05) is 12.6 Å². The molecule has 0 radical (unpaired) electrons. The molecular formula is C26H34N2O3. The van der Waals surface area contributed by atoms with Crippen molar-refractivity contribution in [1.82, 2.24) is 10.2 Å². The lowest BCUT2D eigenvalue weighted by atomic mass is 10.0. The van der Waals surface area contributed by atoms with Crippen LogP contribution >= 0.6 is 0 Å². The first-order chi connectivity index (χ1) is 14.9. The molecule has 0 aliphatic heterocycles. The van der Waals surface area contributed by atoms with E-state index in [1.165, 1.54) is 11.1 Å². The zero-order valence-electron chi connectivity index (χ0n) is 19.1. The summed E-state index contributed by atoms with van der Waals surface area (Å²) < 4.78 is 5.24. The molecule has 0 spiro atoms. The van der Waals surface area contributed by atoms with Crippen LogP contribution in [-0.4, -0.2) is 35.9 Å². The van der Waals surface area contributed by atoms with Crippen LogP contribution in [0.25, 0.3) is 0 Å². The molecule has 1 aliphatic rings. The highest BCUT2D eigenvalue weighted by atomic mass is 16.5. The van der Waals surface area contributed by atoms with Crippen molar-refractivity contribution in [2.75, 3.05) is 7.11 Å². The van der Waals surface area contributed by atoms with Crippen LogP contribution in [0, 0.1) is 13.8 Å². The lowest BCUT2D eigenvalue weighted by Gasteiger charge is -2.30. The largest absolute Gasteiger partial charge is 0.497 e. The van der Waals surface area contributed by atoms with E-state index in [1.807, 2.05) is 43.3 Å². The first-order valence-electron chi connectivity index (χ1n) is 11.2. The van der Waals surface area contributed by atoms with E-state index in [9.17, 15) is 9.59 Å². The maximum absolute atomic E-state index is 13.3. The Morgan fingerprint density at radius 2 is 1.68 bits per heavy atom. The van der Waals surface area contributed by atoms with Crippen LogP contribution in [0.15, 0.2) is 42.5 Å². The molecule has 0 aromatic heterocycles. The number of nitrogens with one attached hydrogen (secondary N) is 1. The second kappa shape index (κ2) is 10.5. The fraction of sp³-hybridized carbons (Fsp3) is 0.462. The summed E-state index contributed by atoms with van der Waals surface area (Å²) >= 11 is 0. The van der Waals surface area contributed by atoms with Crippen molar-refractivity contribution in [2.45, 2.75) is 71.5 Å². The van der Waals surface area contributed by atoms with Gasteiger partial charge in [0.1, 0.15) is 11.8 Å². The van der Waals surface area contributed by atoms with Crippen molar-refractivity contribution in [2.24, 2.45) is 0 Å². The number of nitrogens with zero attached hydrogens (tertiary/aromatic N) is 1. The normalized spacial score (nSPS) is 14.8. The highest BCUT2D eigenvalue weighted by Gasteiger charge is 2.28. The smallest absolute Gasteiger partial charge is 0.242 e. The van der Waals surface area contributed by atoms with E-state index in [-0.39, 0.29) is 24.3 Å². The number of amides is 2. The average Bonchev–Trinajstić information content (AvgIpc) is 3.27. The second-order valence-corrected chi connectivity index (χ2v) is 8.63. The van der Waals surface area contributed by atoms with Crippen molar-refractivity contribution >= 4 is 11.8 Å². The summed E-state index contributed by atoms with van der Waals surface area (Å²) in [6, 6.07) is 13.4. The Balaban J connectivity index is 1.77. The van der Waals surface area contributed by atoms with Crippen LogP contribution in [0.4, 0.5) is 0 Å². The second-order valence-electron chi connectivity index (χ2n) is 8.63. The number of rotatable bonds is 8. The predicted molar refractivity (Wildman–Crippen MR) is 123 cm³/mol. The summed E-state index contributed by atoms with van der Waals surface area (Å²) in [6.45, 7) is 6.32. The molecule has 1 aliphatic carbocycles. The van der Waals surface area contributed by atoms with E-state index < -0.39 is 6.04 Å². The van der Waals surface area contributed by atoms with Crippen molar-refractivity contribution in [3.8, 4) is 5.75 Å². The fourth-order valence-electron chi connectivity index (χ4n) is 4.09. The minimum absolute atomic E-state index is 0.0480. The quantitative estimate of drug-likeness (QED) is 0.689. The Morgan fingerprint density at radius 3 is 2.29 bits per heavy atom. The third-order valence-electron chi connectivity index (χ3n) is 6.31. The maximum Gasteiger partial charge on any atom is 0.242 e. The van der Waals surface area contributed by atoms with Gasteiger partial charge in [-0.25, -0.2) is 0 Å². The number of hydrogen-bond acceptors (Lipinski definition) is 3. The van der Waals surface area contributed by atoms with E-state index >= 15 is 0 Å². The van der Waals surface area contributed by atoms with Crippen molar-refractivity contribution in [3.05, 3.63) is 64.7 Å². The number of ether oxygens (including phenoxy) is 1. The maximum atomic E-state index is 13.3. The van der Waals surface area contributed by atoms with E-state index in [0.29, 0.717) is 6.54 Å². The first kappa shape index (κ1) is 22.9. The molecule has 5 nitrogen and oxygen atoms in total. The highest BCUT2D eigenvalue weighted by Crippen LogP contribution is 2.20. The molecule has 1 N–H and O–H groups in total. The van der Waals surface area contributed by atoms with Gasteiger partial charge in [-0.15, -0.1) is 0 Å². The molecule has 166 valence electrons. The topological polar surface area (TPSA) is 58.6 Å². The van der Waals surface area contributed by atoms with Crippen molar-refractivity contribution < 1.29 is 14.3 Å². The van der Waals surface area contributed by atoms with Gasteiger partial charge < -0.3 is 15.0 Å². The Kier molecular flexibility index (Phi) is 7.72. The van der Waals surface area contributed by atoms with Gasteiger partial charge in [-0.3, -0.25) is 9.59 Å². The number of benzene rings is 2. The summed E-state index contributed by atoms with van der Waals surface area (Å²) in [5.74, 6) is 0.644. The Morgan fingerprint density at radius 1 is 1.03 bits per heavy atom. The van der Waals surface area contributed by atoms with E-state index in [1.54, 1.807) is 12.0 Å². The van der Waals surface area contributed by atoms with Crippen LogP contribution < -0.4 is 10.1 Å². The fourth-order valence-corrected chi connectivity index (χ4v) is 4.09.